The van der Waals surface area contributed by atoms with Crippen LogP contribution in [0.4, 0.5) is 5.69 Å². The molecule has 1 heterocycles. The number of carbonyl (C=O) groups is 1. The smallest absolute Gasteiger partial charge is 0.267 e. The van der Waals surface area contributed by atoms with Crippen LogP contribution in [0.1, 0.15) is 35.9 Å². The lowest BCUT2D eigenvalue weighted by Gasteiger charge is -2.08. The Bertz CT molecular complexity index is 921. The van der Waals surface area contributed by atoms with Crippen LogP contribution in [-0.2, 0) is 0 Å². The Hall–Kier alpha value is -2.24. The molecule has 0 spiro atoms. The fourth-order valence-electron chi connectivity index (χ4n) is 2.68. The predicted octanol–water partition coefficient (Wildman–Crippen LogP) is 6.38. The van der Waals surface area contributed by atoms with Crippen molar-refractivity contribution in [1.82, 2.24) is 0 Å². The Balaban J connectivity index is 1.68. The van der Waals surface area contributed by atoms with E-state index in [0.29, 0.717) is 27.9 Å². The molecule has 0 saturated heterocycles. The summed E-state index contributed by atoms with van der Waals surface area (Å²) in [5.41, 5.74) is 0.701. The molecule has 2 aromatic carbocycles. The predicted molar refractivity (Wildman–Crippen MR) is 113 cm³/mol. The van der Waals surface area contributed by atoms with E-state index in [2.05, 4.69) is 12.2 Å². The molecule has 1 N–H and O–H groups in total. The van der Waals surface area contributed by atoms with Crippen LogP contribution in [0.15, 0.2) is 42.5 Å². The summed E-state index contributed by atoms with van der Waals surface area (Å²) in [5.74, 6) is 1.29. The van der Waals surface area contributed by atoms with E-state index in [1.54, 1.807) is 7.11 Å². The van der Waals surface area contributed by atoms with Gasteiger partial charge in [-0.1, -0.05) is 31.4 Å². The first kappa shape index (κ1) is 19.5. The standard InChI is InChI=1S/C21H22ClNO3S/c1-3-4-5-12-26-15-8-6-14(7-9-15)23-21(24)20-19(22)17-13-16(25-2)10-11-18(17)27-20/h6-11,13H,3-5,12H2,1-2H3,(H,23,24). The van der Waals surface area contributed by atoms with Gasteiger partial charge in [0.2, 0.25) is 0 Å². The first-order valence-electron chi connectivity index (χ1n) is 8.92. The molecule has 0 aliphatic carbocycles. The lowest BCUT2D eigenvalue weighted by molar-refractivity contribution is 0.103. The van der Waals surface area contributed by atoms with Crippen molar-refractivity contribution < 1.29 is 14.3 Å². The van der Waals surface area contributed by atoms with Crippen LogP contribution < -0.4 is 14.8 Å². The third-order valence-corrected chi connectivity index (χ3v) is 5.84. The lowest BCUT2D eigenvalue weighted by Crippen LogP contribution is -2.10. The second kappa shape index (κ2) is 9.11. The lowest BCUT2D eigenvalue weighted by atomic mass is 10.2. The average molecular weight is 404 g/mol. The highest BCUT2D eigenvalue weighted by molar-refractivity contribution is 7.21. The van der Waals surface area contributed by atoms with Gasteiger partial charge >= 0.3 is 0 Å². The molecule has 6 heteroatoms. The molecule has 0 fully saturated rings. The van der Waals surface area contributed by atoms with Crippen molar-refractivity contribution in [2.45, 2.75) is 26.2 Å². The molecule has 0 bridgehead atoms. The highest BCUT2D eigenvalue weighted by Gasteiger charge is 2.18. The van der Waals surface area contributed by atoms with E-state index < -0.39 is 0 Å². The number of halogens is 1. The van der Waals surface area contributed by atoms with Gasteiger partial charge in [0.15, 0.2) is 0 Å². The minimum absolute atomic E-state index is 0.225. The maximum atomic E-state index is 12.6. The molecule has 0 aliphatic heterocycles. The van der Waals surface area contributed by atoms with Crippen molar-refractivity contribution in [3.63, 3.8) is 0 Å². The number of fused-ring (bicyclic) bond motifs is 1. The third kappa shape index (κ3) is 4.73. The SMILES string of the molecule is CCCCCOc1ccc(NC(=O)c2sc3ccc(OC)cc3c2Cl)cc1. The van der Waals surface area contributed by atoms with Gasteiger partial charge in [-0.2, -0.15) is 0 Å². The van der Waals surface area contributed by atoms with Gasteiger partial charge in [-0.3, -0.25) is 4.79 Å². The Morgan fingerprint density at radius 3 is 2.56 bits per heavy atom. The number of carbonyl (C=O) groups excluding carboxylic acids is 1. The first-order chi connectivity index (χ1) is 13.1. The first-order valence-corrected chi connectivity index (χ1v) is 10.1. The molecule has 1 aromatic heterocycles. The van der Waals surface area contributed by atoms with Crippen molar-refractivity contribution in [1.29, 1.82) is 0 Å². The molecule has 0 radical (unpaired) electrons. The van der Waals surface area contributed by atoms with Crippen LogP contribution in [0.3, 0.4) is 0 Å². The molecule has 142 valence electrons. The highest BCUT2D eigenvalue weighted by atomic mass is 35.5. The quantitative estimate of drug-likeness (QED) is 0.443. The second-order valence-electron chi connectivity index (χ2n) is 6.14. The fourth-order valence-corrected chi connectivity index (χ4v) is 4.07. The summed E-state index contributed by atoms with van der Waals surface area (Å²) in [6, 6.07) is 13.0. The number of thiophene rings is 1. The van der Waals surface area contributed by atoms with Gasteiger partial charge in [0.05, 0.1) is 18.7 Å². The molecular formula is C21H22ClNO3S. The van der Waals surface area contributed by atoms with Crippen LogP contribution in [0.25, 0.3) is 10.1 Å². The number of unbranched alkanes of at least 4 members (excludes halogenated alkanes) is 2. The van der Waals surface area contributed by atoms with E-state index in [-0.39, 0.29) is 5.91 Å². The number of anilines is 1. The normalized spacial score (nSPS) is 10.8. The van der Waals surface area contributed by atoms with Crippen LogP contribution in [-0.4, -0.2) is 19.6 Å². The summed E-state index contributed by atoms with van der Waals surface area (Å²) >= 11 is 7.79. The zero-order valence-electron chi connectivity index (χ0n) is 15.4. The maximum Gasteiger partial charge on any atom is 0.267 e. The van der Waals surface area contributed by atoms with Crippen LogP contribution >= 0.6 is 22.9 Å². The monoisotopic (exact) mass is 403 g/mol. The summed E-state index contributed by atoms with van der Waals surface area (Å²) < 4.78 is 11.9. The molecule has 4 nitrogen and oxygen atoms in total. The summed E-state index contributed by atoms with van der Waals surface area (Å²) in [4.78, 5) is 13.1. The van der Waals surface area contributed by atoms with Crippen LogP contribution in [0.2, 0.25) is 5.02 Å². The molecular weight excluding hydrogens is 382 g/mol. The molecule has 0 unspecified atom stereocenters. The molecule has 0 aliphatic rings. The molecule has 0 atom stereocenters. The minimum atomic E-state index is -0.225. The van der Waals surface area contributed by atoms with Crippen molar-refractivity contribution in [2.75, 3.05) is 19.0 Å². The third-order valence-electron chi connectivity index (χ3n) is 4.17. The van der Waals surface area contributed by atoms with E-state index in [1.807, 2.05) is 42.5 Å². The number of hydrogen-bond acceptors (Lipinski definition) is 4. The van der Waals surface area contributed by atoms with Crippen LogP contribution in [0.5, 0.6) is 11.5 Å². The van der Waals surface area contributed by atoms with Gasteiger partial charge in [0.25, 0.3) is 5.91 Å². The largest absolute Gasteiger partial charge is 0.497 e. The van der Waals surface area contributed by atoms with Crippen molar-refractivity contribution in [2.24, 2.45) is 0 Å². The number of amides is 1. The molecule has 3 aromatic rings. The minimum Gasteiger partial charge on any atom is -0.497 e. The van der Waals surface area contributed by atoms with E-state index >= 15 is 0 Å². The maximum absolute atomic E-state index is 12.6. The van der Waals surface area contributed by atoms with E-state index in [4.69, 9.17) is 21.1 Å². The Morgan fingerprint density at radius 2 is 1.85 bits per heavy atom. The van der Waals surface area contributed by atoms with Gasteiger partial charge in [-0.15, -0.1) is 11.3 Å². The van der Waals surface area contributed by atoms with E-state index in [1.165, 1.54) is 17.8 Å². The second-order valence-corrected chi connectivity index (χ2v) is 7.57. The molecule has 1 amide bonds. The Kier molecular flexibility index (Phi) is 6.58. The van der Waals surface area contributed by atoms with E-state index in [9.17, 15) is 4.79 Å². The molecule has 3 rings (SSSR count). The Morgan fingerprint density at radius 1 is 1.11 bits per heavy atom. The average Bonchev–Trinajstić information content (AvgIpc) is 3.02. The summed E-state index contributed by atoms with van der Waals surface area (Å²) in [6.45, 7) is 2.87. The van der Waals surface area contributed by atoms with Gasteiger partial charge in [-0.25, -0.2) is 0 Å². The zero-order valence-corrected chi connectivity index (χ0v) is 17.0. The van der Waals surface area contributed by atoms with E-state index in [0.717, 1.165) is 28.7 Å². The molecule has 0 saturated carbocycles. The number of ether oxygens (including phenoxy) is 2. The van der Waals surface area contributed by atoms with Crippen molar-refractivity contribution in [3.8, 4) is 11.5 Å². The van der Waals surface area contributed by atoms with Crippen molar-refractivity contribution in [3.05, 3.63) is 52.4 Å². The van der Waals surface area contributed by atoms with Gasteiger partial charge in [-0.05, 0) is 48.9 Å². The van der Waals surface area contributed by atoms with Gasteiger partial charge < -0.3 is 14.8 Å². The zero-order chi connectivity index (χ0) is 19.2. The van der Waals surface area contributed by atoms with Gasteiger partial charge in [0.1, 0.15) is 16.4 Å². The summed E-state index contributed by atoms with van der Waals surface area (Å²) in [7, 11) is 1.60. The Labute approximate surface area is 168 Å². The number of methoxy groups -OCH3 is 1. The number of nitrogens with one attached hydrogen (secondary N) is 1. The summed E-state index contributed by atoms with van der Waals surface area (Å²) in [6.07, 6.45) is 3.38. The number of hydrogen-bond donors (Lipinski definition) is 1. The van der Waals surface area contributed by atoms with Crippen LogP contribution in [0, 0.1) is 0 Å². The number of benzene rings is 2. The van der Waals surface area contributed by atoms with Crippen molar-refractivity contribution >= 4 is 44.6 Å². The summed E-state index contributed by atoms with van der Waals surface area (Å²) in [5, 5.41) is 4.16. The fraction of sp³-hybridized carbons (Fsp3) is 0.286. The van der Waals surface area contributed by atoms with Gasteiger partial charge in [0, 0.05) is 15.8 Å². The topological polar surface area (TPSA) is 47.6 Å². The number of rotatable bonds is 8. The highest BCUT2D eigenvalue weighted by Crippen LogP contribution is 2.37. The molecule has 27 heavy (non-hydrogen) atoms.